The molecule has 0 bridgehead atoms. The van der Waals surface area contributed by atoms with Gasteiger partial charge in [0.1, 0.15) is 0 Å². The molecule has 0 unspecified atom stereocenters. The minimum Gasteiger partial charge on any atom is -1.00 e. The van der Waals surface area contributed by atoms with Gasteiger partial charge in [-0.3, -0.25) is 0 Å². The average Bonchev–Trinajstić information content (AvgIpc) is 3.20. The number of hydrogen-bond donors (Lipinski definition) is 1. The summed E-state index contributed by atoms with van der Waals surface area (Å²) in [7, 11) is 1.77. The van der Waals surface area contributed by atoms with E-state index in [9.17, 15) is 18.7 Å². The van der Waals surface area contributed by atoms with E-state index in [1.165, 1.54) is 0 Å². The van der Waals surface area contributed by atoms with Crippen molar-refractivity contribution in [3.63, 3.8) is 0 Å². The molecule has 8 heteroatoms. The predicted octanol–water partition coefficient (Wildman–Crippen LogP) is 0.654. The summed E-state index contributed by atoms with van der Waals surface area (Å²) >= 11 is 0. The summed E-state index contributed by atoms with van der Waals surface area (Å²) in [6.45, 7) is 4.79. The third-order valence-electron chi connectivity index (χ3n) is 5.97. The Labute approximate surface area is 186 Å². The molecule has 1 saturated carbocycles. The van der Waals surface area contributed by atoms with Crippen LogP contribution in [0, 0.1) is 12.8 Å². The molecule has 1 heterocycles. The van der Waals surface area contributed by atoms with E-state index in [4.69, 9.17) is 4.74 Å². The maximum atomic E-state index is 13.9. The Morgan fingerprint density at radius 2 is 2.03 bits per heavy atom. The molecule has 30 heavy (non-hydrogen) atoms. The number of carbonyl (C=O) groups excluding carboxylic acids is 1. The average molecular weight is 487 g/mol. The van der Waals surface area contributed by atoms with Crippen LogP contribution in [0.3, 0.4) is 0 Å². The first-order valence-electron chi connectivity index (χ1n) is 10.1. The van der Waals surface area contributed by atoms with Crippen molar-refractivity contribution >= 4 is 5.97 Å². The van der Waals surface area contributed by atoms with E-state index in [2.05, 4.69) is 6.92 Å². The summed E-state index contributed by atoms with van der Waals surface area (Å²) in [4.78, 5) is 13.2. The Morgan fingerprint density at radius 3 is 2.60 bits per heavy atom. The number of hydrogen-bond acceptors (Lipinski definition) is 3. The fourth-order valence-electron chi connectivity index (χ4n) is 4.01. The lowest BCUT2D eigenvalue weighted by Gasteiger charge is -2.31. The Bertz CT molecular complexity index is 873. The molecule has 3 rings (SSSR count). The van der Waals surface area contributed by atoms with Crippen molar-refractivity contribution in [2.75, 3.05) is 0 Å². The van der Waals surface area contributed by atoms with Gasteiger partial charge in [0.2, 0.25) is 5.92 Å². The summed E-state index contributed by atoms with van der Waals surface area (Å²) in [5.74, 6) is -3.55. The molecule has 0 saturated heterocycles. The molecule has 5 nitrogen and oxygen atoms in total. The SMILES string of the molecule is CCCCn1cc(OC(=O)[C@](O)(c2ccccc2)[C@@H]2CCC(F)(F)C2)[n+](C)c1C.[Br-]. The van der Waals surface area contributed by atoms with Crippen LogP contribution < -0.4 is 26.3 Å². The van der Waals surface area contributed by atoms with Crippen molar-refractivity contribution in [1.82, 2.24) is 4.57 Å². The van der Waals surface area contributed by atoms with Crippen LogP contribution in [0.2, 0.25) is 0 Å². The second-order valence-corrected chi connectivity index (χ2v) is 7.94. The molecule has 1 aliphatic carbocycles. The molecule has 0 spiro atoms. The molecular formula is C22H29BrF2N2O3. The fourth-order valence-corrected chi connectivity index (χ4v) is 4.01. The van der Waals surface area contributed by atoms with Gasteiger partial charge in [0.05, 0.1) is 13.6 Å². The molecule has 0 amide bonds. The predicted molar refractivity (Wildman–Crippen MR) is 104 cm³/mol. The van der Waals surface area contributed by atoms with Crippen molar-refractivity contribution in [3.05, 3.63) is 47.9 Å². The summed E-state index contributed by atoms with van der Waals surface area (Å²) in [5, 5.41) is 11.4. The molecule has 166 valence electrons. The minimum absolute atomic E-state index is 0. The molecule has 1 aromatic carbocycles. The van der Waals surface area contributed by atoms with Crippen molar-refractivity contribution in [1.29, 1.82) is 0 Å². The van der Waals surface area contributed by atoms with Crippen molar-refractivity contribution in [2.24, 2.45) is 13.0 Å². The summed E-state index contributed by atoms with van der Waals surface area (Å²) in [5.41, 5.74) is -1.86. The Balaban J connectivity index is 0.00000320. The highest BCUT2D eigenvalue weighted by molar-refractivity contribution is 5.83. The van der Waals surface area contributed by atoms with E-state index in [1.807, 2.05) is 11.5 Å². The third-order valence-corrected chi connectivity index (χ3v) is 5.97. The zero-order valence-corrected chi connectivity index (χ0v) is 19.2. The highest BCUT2D eigenvalue weighted by atomic mass is 79.9. The van der Waals surface area contributed by atoms with E-state index in [-0.39, 0.29) is 41.3 Å². The number of aromatic nitrogens is 2. The summed E-state index contributed by atoms with van der Waals surface area (Å²) in [6.07, 6.45) is 2.89. The molecule has 1 aromatic heterocycles. The van der Waals surface area contributed by atoms with Gasteiger partial charge >= 0.3 is 11.8 Å². The van der Waals surface area contributed by atoms with E-state index >= 15 is 0 Å². The number of aryl methyl sites for hydroxylation is 1. The Kier molecular flexibility index (Phi) is 7.80. The van der Waals surface area contributed by atoms with Crippen molar-refractivity contribution < 1.29 is 45.0 Å². The van der Waals surface area contributed by atoms with Crippen LogP contribution in [0.25, 0.3) is 0 Å². The maximum Gasteiger partial charge on any atom is 0.351 e. The van der Waals surface area contributed by atoms with Gasteiger partial charge in [-0.25, -0.2) is 18.1 Å². The Hall–Kier alpha value is -1.80. The topological polar surface area (TPSA) is 55.3 Å². The summed E-state index contributed by atoms with van der Waals surface area (Å²) < 4.78 is 37.1. The van der Waals surface area contributed by atoms with Crippen molar-refractivity contribution in [2.45, 2.75) is 64.0 Å². The van der Waals surface area contributed by atoms with E-state index in [1.54, 1.807) is 48.1 Å². The van der Waals surface area contributed by atoms with E-state index in [0.29, 0.717) is 0 Å². The highest BCUT2D eigenvalue weighted by Crippen LogP contribution is 2.47. The Morgan fingerprint density at radius 1 is 1.37 bits per heavy atom. The molecule has 1 aliphatic rings. The molecule has 2 aromatic rings. The number of alkyl halides is 2. The molecule has 0 aliphatic heterocycles. The second kappa shape index (κ2) is 9.56. The smallest absolute Gasteiger partial charge is 0.351 e. The number of esters is 1. The molecule has 0 radical (unpaired) electrons. The number of rotatable bonds is 7. The molecule has 1 fully saturated rings. The van der Waals surface area contributed by atoms with Gasteiger partial charge in [0.25, 0.3) is 5.82 Å². The van der Waals surface area contributed by atoms with Gasteiger partial charge in [0.15, 0.2) is 11.8 Å². The number of nitrogens with zero attached hydrogens (tertiary/aromatic N) is 2. The third kappa shape index (κ3) is 4.75. The van der Waals surface area contributed by atoms with Gasteiger partial charge in [-0.15, -0.1) is 0 Å². The second-order valence-electron chi connectivity index (χ2n) is 7.94. The first-order valence-corrected chi connectivity index (χ1v) is 10.1. The van der Waals surface area contributed by atoms with E-state index < -0.39 is 29.8 Å². The highest BCUT2D eigenvalue weighted by Gasteiger charge is 2.55. The van der Waals surface area contributed by atoms with Gasteiger partial charge < -0.3 is 26.8 Å². The fraction of sp³-hybridized carbons (Fsp3) is 0.545. The number of benzene rings is 1. The largest absolute Gasteiger partial charge is 1.00 e. The van der Waals surface area contributed by atoms with Gasteiger partial charge in [-0.1, -0.05) is 43.7 Å². The molecular weight excluding hydrogens is 458 g/mol. The lowest BCUT2D eigenvalue weighted by atomic mass is 9.80. The van der Waals surface area contributed by atoms with Crippen LogP contribution >= 0.6 is 0 Å². The van der Waals surface area contributed by atoms with Crippen LogP contribution in [0.5, 0.6) is 5.88 Å². The van der Waals surface area contributed by atoms with E-state index in [0.717, 1.165) is 25.2 Å². The maximum absolute atomic E-state index is 13.9. The van der Waals surface area contributed by atoms with Gasteiger partial charge in [-0.2, -0.15) is 4.57 Å². The number of aliphatic hydroxyl groups is 1. The van der Waals surface area contributed by atoms with Crippen LogP contribution in [-0.2, 0) is 24.0 Å². The van der Waals surface area contributed by atoms with Crippen LogP contribution in [-0.4, -0.2) is 21.6 Å². The minimum atomic E-state index is -2.89. The zero-order chi connectivity index (χ0) is 21.2. The number of imidazole rings is 1. The molecule has 2 atom stereocenters. The number of carbonyl (C=O) groups is 1. The quantitative estimate of drug-likeness (QED) is 0.461. The van der Waals surface area contributed by atoms with Gasteiger partial charge in [0, 0.05) is 25.7 Å². The first-order chi connectivity index (χ1) is 13.7. The lowest BCUT2D eigenvalue weighted by Crippen LogP contribution is -3.00. The number of halogens is 3. The number of ether oxygens (including phenoxy) is 1. The monoisotopic (exact) mass is 486 g/mol. The van der Waals surface area contributed by atoms with Gasteiger partial charge in [-0.05, 0) is 18.4 Å². The zero-order valence-electron chi connectivity index (χ0n) is 17.6. The normalized spacial score (nSPS) is 19.7. The van der Waals surface area contributed by atoms with Crippen LogP contribution in [0.1, 0.15) is 50.4 Å². The first kappa shape index (κ1) is 24.5. The van der Waals surface area contributed by atoms with Crippen LogP contribution in [0.4, 0.5) is 8.78 Å². The van der Waals surface area contributed by atoms with Crippen LogP contribution in [0.15, 0.2) is 36.5 Å². The summed E-state index contributed by atoms with van der Waals surface area (Å²) in [6, 6.07) is 8.25. The van der Waals surface area contributed by atoms with Crippen molar-refractivity contribution in [3.8, 4) is 5.88 Å². The lowest BCUT2D eigenvalue weighted by molar-refractivity contribution is -0.681. The standard InChI is InChI=1S/C22H29F2N2O3.BrH/c1-4-5-13-26-15-19(25(3)16(26)2)29-20(27)22(28,17-9-7-6-8-10-17)18-11-12-21(23,24)14-18;/h6-10,15,18,28H,4-5,11-14H2,1-3H3;1H/q+1;/p-1/t18-,22+;/m1./s1. The molecule has 1 N–H and O–H groups in total. The number of unbranched alkanes of at least 4 members (excludes halogenated alkanes) is 1.